The third kappa shape index (κ3) is 6.63. The number of rotatable bonds is 10. The molecule has 2 aromatic carbocycles. The van der Waals surface area contributed by atoms with Gasteiger partial charge in [-0.2, -0.15) is 0 Å². The normalized spacial score (nSPS) is 12.6. The van der Waals surface area contributed by atoms with Gasteiger partial charge in [-0.3, -0.25) is 19.7 Å². The van der Waals surface area contributed by atoms with Crippen molar-refractivity contribution in [3.8, 4) is 0 Å². The molecule has 0 heterocycles. The minimum absolute atomic E-state index is 0.112. The number of carbonyl (C=O) groups excluding carboxylic acids is 3. The van der Waals surface area contributed by atoms with Gasteiger partial charge in [0.05, 0.1) is 6.61 Å². The second-order valence-electron chi connectivity index (χ2n) is 6.28. The first-order valence-electron chi connectivity index (χ1n) is 9.22. The van der Waals surface area contributed by atoms with Crippen LogP contribution in [0.3, 0.4) is 0 Å². The summed E-state index contributed by atoms with van der Waals surface area (Å²) in [4.78, 5) is 37.0. The van der Waals surface area contributed by atoms with Crippen molar-refractivity contribution in [2.75, 3.05) is 6.61 Å². The highest BCUT2D eigenvalue weighted by Gasteiger charge is 2.28. The van der Waals surface area contributed by atoms with Crippen LogP contribution in [0.4, 0.5) is 0 Å². The average Bonchev–Trinajstić information content (AvgIpc) is 2.72. The highest BCUT2D eigenvalue weighted by Crippen LogP contribution is 2.09. The van der Waals surface area contributed by atoms with Crippen LogP contribution in [-0.4, -0.2) is 36.4 Å². The fourth-order valence-corrected chi connectivity index (χ4v) is 2.60. The molecule has 0 radical (unpaired) electrons. The number of hydrogen-bond donors (Lipinski definition) is 1. The molecule has 0 bridgehead atoms. The van der Waals surface area contributed by atoms with E-state index in [2.05, 4.69) is 5.32 Å². The molecule has 0 aliphatic rings. The summed E-state index contributed by atoms with van der Waals surface area (Å²) in [6, 6.07) is 16.3. The molecular formula is C22H25NO5. The first-order valence-corrected chi connectivity index (χ1v) is 9.22. The summed E-state index contributed by atoms with van der Waals surface area (Å²) in [6.07, 6.45) is -0.112. The van der Waals surface area contributed by atoms with E-state index in [4.69, 9.17) is 9.47 Å². The fraction of sp³-hybridized carbons (Fsp3) is 0.318. The van der Waals surface area contributed by atoms with Crippen LogP contribution in [0.5, 0.6) is 0 Å². The minimum Gasteiger partial charge on any atom is -0.465 e. The quantitative estimate of drug-likeness (QED) is 0.502. The topological polar surface area (TPSA) is 81.7 Å². The molecule has 0 saturated carbocycles. The zero-order valence-corrected chi connectivity index (χ0v) is 16.1. The highest BCUT2D eigenvalue weighted by atomic mass is 16.5. The van der Waals surface area contributed by atoms with E-state index in [1.165, 1.54) is 0 Å². The lowest BCUT2D eigenvalue weighted by molar-refractivity contribution is -0.149. The molecular weight excluding hydrogens is 358 g/mol. The first kappa shape index (κ1) is 21.3. The van der Waals surface area contributed by atoms with Gasteiger partial charge >= 0.3 is 11.9 Å². The first-order chi connectivity index (χ1) is 13.5. The molecule has 2 rings (SSSR count). The van der Waals surface area contributed by atoms with Crippen molar-refractivity contribution in [1.29, 1.82) is 0 Å². The van der Waals surface area contributed by atoms with Crippen molar-refractivity contribution in [3.63, 3.8) is 0 Å². The smallest absolute Gasteiger partial charge is 0.323 e. The van der Waals surface area contributed by atoms with Gasteiger partial charge in [-0.1, -0.05) is 60.7 Å². The largest absolute Gasteiger partial charge is 0.465 e. The predicted octanol–water partition coefficient (Wildman–Crippen LogP) is 2.91. The Bertz CT molecular complexity index is 776. The van der Waals surface area contributed by atoms with E-state index in [9.17, 15) is 14.4 Å². The number of nitrogens with one attached hydrogen (secondary N) is 1. The molecule has 0 unspecified atom stereocenters. The Morgan fingerprint density at radius 3 is 2.11 bits per heavy atom. The Balaban J connectivity index is 1.97. The summed E-state index contributed by atoms with van der Waals surface area (Å²) < 4.78 is 10.3. The molecule has 6 heteroatoms. The van der Waals surface area contributed by atoms with Crippen molar-refractivity contribution in [2.45, 2.75) is 39.0 Å². The van der Waals surface area contributed by atoms with E-state index in [1.807, 2.05) is 36.4 Å². The van der Waals surface area contributed by atoms with Gasteiger partial charge in [0.25, 0.3) is 0 Å². The Morgan fingerprint density at radius 2 is 1.50 bits per heavy atom. The monoisotopic (exact) mass is 383 g/mol. The van der Waals surface area contributed by atoms with Gasteiger partial charge in [0.2, 0.25) is 0 Å². The van der Waals surface area contributed by atoms with Gasteiger partial charge in [-0.25, -0.2) is 0 Å². The van der Waals surface area contributed by atoms with Crippen molar-refractivity contribution < 1.29 is 23.9 Å². The lowest BCUT2D eigenvalue weighted by Crippen LogP contribution is -2.47. The van der Waals surface area contributed by atoms with Crippen LogP contribution in [0.2, 0.25) is 0 Å². The highest BCUT2D eigenvalue weighted by molar-refractivity contribution is 5.99. The van der Waals surface area contributed by atoms with Gasteiger partial charge in [0.15, 0.2) is 5.78 Å². The standard InChI is InChI=1S/C22H25NO5/c1-3-27-22(26)19(14-20(24)18-12-8-5-9-13-18)23-16(2)21(25)28-15-17-10-6-4-7-11-17/h4-13,16,19,23H,3,14-15H2,1-2H3/t16-,19+/m0/s1. The molecule has 2 aromatic rings. The van der Waals surface area contributed by atoms with Gasteiger partial charge in [0, 0.05) is 12.0 Å². The Labute approximate surface area is 164 Å². The third-order valence-corrected chi connectivity index (χ3v) is 4.09. The summed E-state index contributed by atoms with van der Waals surface area (Å²) in [7, 11) is 0. The molecule has 0 aliphatic carbocycles. The van der Waals surface area contributed by atoms with E-state index >= 15 is 0 Å². The second kappa shape index (κ2) is 11.0. The summed E-state index contributed by atoms with van der Waals surface area (Å²) in [5, 5.41) is 2.87. The van der Waals surface area contributed by atoms with E-state index in [0.717, 1.165) is 5.56 Å². The van der Waals surface area contributed by atoms with Gasteiger partial charge in [-0.15, -0.1) is 0 Å². The predicted molar refractivity (Wildman–Crippen MR) is 105 cm³/mol. The summed E-state index contributed by atoms with van der Waals surface area (Å²) in [5.41, 5.74) is 1.36. The second-order valence-corrected chi connectivity index (χ2v) is 6.28. The van der Waals surface area contributed by atoms with Crippen molar-refractivity contribution in [2.24, 2.45) is 0 Å². The van der Waals surface area contributed by atoms with E-state index in [1.54, 1.807) is 38.1 Å². The van der Waals surface area contributed by atoms with Crippen LogP contribution in [0.15, 0.2) is 60.7 Å². The van der Waals surface area contributed by atoms with Crippen LogP contribution < -0.4 is 5.32 Å². The van der Waals surface area contributed by atoms with Crippen LogP contribution in [0, 0.1) is 0 Å². The van der Waals surface area contributed by atoms with Gasteiger partial charge < -0.3 is 9.47 Å². The van der Waals surface area contributed by atoms with Crippen LogP contribution >= 0.6 is 0 Å². The maximum Gasteiger partial charge on any atom is 0.323 e. The fourth-order valence-electron chi connectivity index (χ4n) is 2.60. The van der Waals surface area contributed by atoms with Gasteiger partial charge in [-0.05, 0) is 19.4 Å². The molecule has 2 atom stereocenters. The van der Waals surface area contributed by atoms with Crippen molar-refractivity contribution in [1.82, 2.24) is 5.32 Å². The Kier molecular flexibility index (Phi) is 8.37. The third-order valence-electron chi connectivity index (χ3n) is 4.09. The number of esters is 2. The maximum atomic E-state index is 12.5. The Hall–Kier alpha value is -2.99. The molecule has 0 fully saturated rings. The van der Waals surface area contributed by atoms with Crippen molar-refractivity contribution >= 4 is 17.7 Å². The number of hydrogen-bond acceptors (Lipinski definition) is 6. The van der Waals surface area contributed by atoms with E-state index in [-0.39, 0.29) is 25.4 Å². The van der Waals surface area contributed by atoms with Crippen LogP contribution in [-0.2, 0) is 25.7 Å². The van der Waals surface area contributed by atoms with Crippen molar-refractivity contribution in [3.05, 3.63) is 71.8 Å². The number of ether oxygens (including phenoxy) is 2. The molecule has 0 saturated heterocycles. The molecule has 0 amide bonds. The number of ketones is 1. The van der Waals surface area contributed by atoms with E-state index in [0.29, 0.717) is 5.56 Å². The summed E-state index contributed by atoms with van der Waals surface area (Å²) >= 11 is 0. The SMILES string of the molecule is CCOC(=O)[C@@H](CC(=O)c1ccccc1)N[C@@H](C)C(=O)OCc1ccccc1. The molecule has 0 spiro atoms. The molecule has 0 aromatic heterocycles. The molecule has 6 nitrogen and oxygen atoms in total. The summed E-state index contributed by atoms with van der Waals surface area (Å²) in [5.74, 6) is -1.30. The number of carbonyl (C=O) groups is 3. The number of benzene rings is 2. The maximum absolute atomic E-state index is 12.5. The minimum atomic E-state index is -0.938. The van der Waals surface area contributed by atoms with E-state index < -0.39 is 24.0 Å². The number of Topliss-reactive ketones (excluding diaryl/α,β-unsaturated/α-hetero) is 1. The zero-order chi connectivity index (χ0) is 20.4. The average molecular weight is 383 g/mol. The molecule has 28 heavy (non-hydrogen) atoms. The summed E-state index contributed by atoms with van der Waals surface area (Å²) in [6.45, 7) is 3.60. The lowest BCUT2D eigenvalue weighted by atomic mass is 10.0. The van der Waals surface area contributed by atoms with Crippen LogP contribution in [0.25, 0.3) is 0 Å². The zero-order valence-electron chi connectivity index (χ0n) is 16.1. The molecule has 1 N–H and O–H groups in total. The van der Waals surface area contributed by atoms with Crippen LogP contribution in [0.1, 0.15) is 36.2 Å². The molecule has 0 aliphatic heterocycles. The van der Waals surface area contributed by atoms with Gasteiger partial charge in [0.1, 0.15) is 18.7 Å². The lowest BCUT2D eigenvalue weighted by Gasteiger charge is -2.20. The molecule has 148 valence electrons. The Morgan fingerprint density at radius 1 is 0.893 bits per heavy atom.